The lowest BCUT2D eigenvalue weighted by atomic mass is 10.2. The third kappa shape index (κ3) is 4.64. The monoisotopic (exact) mass is 354 g/mol. The summed E-state index contributed by atoms with van der Waals surface area (Å²) in [6.45, 7) is 1.48. The molecular formula is C14H15ClN4O3S. The van der Waals surface area contributed by atoms with Crippen LogP contribution in [0.5, 0.6) is 0 Å². The number of hydrogen-bond donors (Lipinski definition) is 1. The summed E-state index contributed by atoms with van der Waals surface area (Å²) in [5, 5.41) is 4.00. The van der Waals surface area contributed by atoms with Gasteiger partial charge in [0.05, 0.1) is 5.75 Å². The van der Waals surface area contributed by atoms with Gasteiger partial charge in [0.1, 0.15) is 11.2 Å². The molecule has 0 saturated carbocycles. The van der Waals surface area contributed by atoms with E-state index in [1.54, 1.807) is 30.3 Å². The average molecular weight is 355 g/mol. The van der Waals surface area contributed by atoms with Gasteiger partial charge in [0.2, 0.25) is 5.91 Å². The van der Waals surface area contributed by atoms with Crippen molar-refractivity contribution in [3.63, 3.8) is 0 Å². The molecule has 1 amide bonds. The van der Waals surface area contributed by atoms with Crippen LogP contribution >= 0.6 is 11.6 Å². The molecule has 9 heteroatoms. The highest BCUT2D eigenvalue weighted by molar-refractivity contribution is 7.89. The number of carbonyl (C=O) groups excluding carboxylic acids is 1. The first-order valence-corrected chi connectivity index (χ1v) is 8.64. The van der Waals surface area contributed by atoms with Crippen molar-refractivity contribution in [2.45, 2.75) is 18.7 Å². The Kier molecular flexibility index (Phi) is 5.17. The van der Waals surface area contributed by atoms with Gasteiger partial charge in [0.25, 0.3) is 10.0 Å². The van der Waals surface area contributed by atoms with E-state index >= 15 is 0 Å². The quantitative estimate of drug-likeness (QED) is 0.864. The number of benzene rings is 1. The van der Waals surface area contributed by atoms with Crippen molar-refractivity contribution in [2.24, 2.45) is 10.1 Å². The molecule has 0 saturated heterocycles. The van der Waals surface area contributed by atoms with Crippen LogP contribution in [0.25, 0.3) is 0 Å². The number of sulfonamides is 1. The summed E-state index contributed by atoms with van der Waals surface area (Å²) in [6.07, 6.45) is 0. The standard InChI is InChI=1S/C14H15ClN4O3S/c1-10(14(16)20)19-13(8-7-12(15)17-19)18-23(21,22)9-11-5-3-2-4-6-11/h2-8,10H,9H2,1H3,(H2,16,20)/b18-13+. The Morgan fingerprint density at radius 1 is 1.30 bits per heavy atom. The lowest BCUT2D eigenvalue weighted by molar-refractivity contribution is -0.121. The molecule has 0 aliphatic rings. The first kappa shape index (κ1) is 17.2. The molecule has 1 atom stereocenters. The Balaban J connectivity index is 2.48. The molecule has 7 nitrogen and oxygen atoms in total. The molecule has 122 valence electrons. The van der Waals surface area contributed by atoms with E-state index in [1.807, 2.05) is 0 Å². The minimum absolute atomic E-state index is 0.0170. The van der Waals surface area contributed by atoms with Crippen molar-refractivity contribution >= 4 is 27.5 Å². The van der Waals surface area contributed by atoms with Gasteiger partial charge in [-0.1, -0.05) is 41.9 Å². The molecule has 0 spiro atoms. The van der Waals surface area contributed by atoms with Crippen LogP contribution in [0.15, 0.2) is 46.9 Å². The van der Waals surface area contributed by atoms with Crippen molar-refractivity contribution < 1.29 is 13.2 Å². The van der Waals surface area contributed by atoms with Gasteiger partial charge in [0, 0.05) is 0 Å². The summed E-state index contributed by atoms with van der Waals surface area (Å²) in [4.78, 5) is 11.3. The van der Waals surface area contributed by atoms with E-state index in [-0.39, 0.29) is 16.4 Å². The first-order chi connectivity index (χ1) is 10.8. The Hall–Kier alpha value is -2.19. The van der Waals surface area contributed by atoms with Gasteiger partial charge in [-0.15, -0.1) is 4.40 Å². The minimum atomic E-state index is -3.81. The summed E-state index contributed by atoms with van der Waals surface area (Å²) < 4.78 is 29.3. The summed E-state index contributed by atoms with van der Waals surface area (Å²) in [5.74, 6) is -0.941. The van der Waals surface area contributed by atoms with Crippen molar-refractivity contribution in [1.29, 1.82) is 0 Å². The zero-order chi connectivity index (χ0) is 17.0. The highest BCUT2D eigenvalue weighted by Crippen LogP contribution is 2.08. The Labute approximate surface area is 138 Å². The van der Waals surface area contributed by atoms with Crippen LogP contribution in [0, 0.1) is 0 Å². The molecule has 0 aliphatic carbocycles. The number of rotatable bonds is 5. The predicted octanol–water partition coefficient (Wildman–Crippen LogP) is 1.01. The number of halogens is 1. The number of nitrogens with two attached hydrogens (primary N) is 1. The Morgan fingerprint density at radius 3 is 2.57 bits per heavy atom. The van der Waals surface area contributed by atoms with E-state index in [2.05, 4.69) is 9.50 Å². The molecule has 0 aliphatic heterocycles. The smallest absolute Gasteiger partial charge is 0.259 e. The second-order valence-corrected chi connectivity index (χ2v) is 6.86. The maximum Gasteiger partial charge on any atom is 0.259 e. The molecule has 2 rings (SSSR count). The van der Waals surface area contributed by atoms with E-state index in [1.165, 1.54) is 19.1 Å². The van der Waals surface area contributed by atoms with Crippen LogP contribution < -0.4 is 11.2 Å². The third-order valence-electron chi connectivity index (χ3n) is 3.01. The average Bonchev–Trinajstić information content (AvgIpc) is 2.48. The van der Waals surface area contributed by atoms with Crippen LogP contribution in [0.3, 0.4) is 0 Å². The molecule has 23 heavy (non-hydrogen) atoms. The van der Waals surface area contributed by atoms with Crippen molar-refractivity contribution in [1.82, 2.24) is 9.78 Å². The summed E-state index contributed by atoms with van der Waals surface area (Å²) in [6, 6.07) is 10.5. The number of nitrogens with zero attached hydrogens (tertiary/aromatic N) is 3. The zero-order valence-corrected chi connectivity index (χ0v) is 13.8. The van der Waals surface area contributed by atoms with Gasteiger partial charge in [-0.3, -0.25) is 4.79 Å². The summed E-state index contributed by atoms with van der Waals surface area (Å²) in [7, 11) is -3.81. The number of carbonyl (C=O) groups is 1. The number of hydrogen-bond acceptors (Lipinski definition) is 4. The topological polar surface area (TPSA) is 107 Å². The minimum Gasteiger partial charge on any atom is -0.368 e. The molecule has 1 aromatic carbocycles. The van der Waals surface area contributed by atoms with Gasteiger partial charge in [0.15, 0.2) is 5.49 Å². The second kappa shape index (κ2) is 6.93. The Bertz CT molecular complexity index is 878. The van der Waals surface area contributed by atoms with Gasteiger partial charge < -0.3 is 5.73 Å². The molecule has 1 unspecified atom stereocenters. The van der Waals surface area contributed by atoms with Crippen molar-refractivity contribution in [3.8, 4) is 0 Å². The second-order valence-electron chi connectivity index (χ2n) is 4.84. The molecule has 2 N–H and O–H groups in total. The van der Waals surface area contributed by atoms with Crippen LogP contribution in [0.2, 0.25) is 5.15 Å². The van der Waals surface area contributed by atoms with E-state index in [9.17, 15) is 13.2 Å². The van der Waals surface area contributed by atoms with Gasteiger partial charge in [-0.2, -0.15) is 5.10 Å². The fourth-order valence-electron chi connectivity index (χ4n) is 1.84. The van der Waals surface area contributed by atoms with Crippen LogP contribution in [-0.2, 0) is 20.6 Å². The van der Waals surface area contributed by atoms with E-state index in [4.69, 9.17) is 17.3 Å². The van der Waals surface area contributed by atoms with Crippen LogP contribution in [-0.4, -0.2) is 24.1 Å². The van der Waals surface area contributed by atoms with Gasteiger partial charge in [-0.05, 0) is 24.6 Å². The van der Waals surface area contributed by atoms with Gasteiger partial charge in [-0.25, -0.2) is 13.1 Å². The fourth-order valence-corrected chi connectivity index (χ4v) is 3.10. The molecule has 0 fully saturated rings. The zero-order valence-electron chi connectivity index (χ0n) is 12.3. The Morgan fingerprint density at radius 2 is 1.96 bits per heavy atom. The largest absolute Gasteiger partial charge is 0.368 e. The molecular weight excluding hydrogens is 340 g/mol. The van der Waals surface area contributed by atoms with E-state index in [0.29, 0.717) is 5.56 Å². The summed E-state index contributed by atoms with van der Waals surface area (Å²) >= 11 is 5.79. The third-order valence-corrected chi connectivity index (χ3v) is 4.38. The molecule has 0 bridgehead atoms. The molecule has 1 aromatic heterocycles. The van der Waals surface area contributed by atoms with Crippen LogP contribution in [0.4, 0.5) is 0 Å². The van der Waals surface area contributed by atoms with Gasteiger partial charge >= 0.3 is 0 Å². The fraction of sp³-hybridized carbons (Fsp3) is 0.214. The first-order valence-electron chi connectivity index (χ1n) is 6.66. The lowest BCUT2D eigenvalue weighted by Crippen LogP contribution is -2.34. The SMILES string of the molecule is CC(C(N)=O)n1nc(Cl)cc/c1=N\S(=O)(=O)Cc1ccccc1. The van der Waals surface area contributed by atoms with Crippen molar-refractivity contribution in [2.75, 3.05) is 0 Å². The van der Waals surface area contributed by atoms with Crippen LogP contribution in [0.1, 0.15) is 18.5 Å². The number of amides is 1. The van der Waals surface area contributed by atoms with E-state index in [0.717, 1.165) is 4.68 Å². The highest BCUT2D eigenvalue weighted by atomic mass is 35.5. The maximum atomic E-state index is 12.2. The number of primary amides is 1. The molecule has 0 radical (unpaired) electrons. The molecule has 2 aromatic rings. The number of aromatic nitrogens is 2. The highest BCUT2D eigenvalue weighted by Gasteiger charge is 2.16. The van der Waals surface area contributed by atoms with Crippen molar-refractivity contribution in [3.05, 3.63) is 58.7 Å². The summed E-state index contributed by atoms with van der Waals surface area (Å²) in [5.41, 5.74) is 5.83. The normalized spacial score (nSPS) is 13.7. The maximum absolute atomic E-state index is 12.2. The van der Waals surface area contributed by atoms with E-state index < -0.39 is 22.0 Å². The predicted molar refractivity (Wildman–Crippen MR) is 85.8 cm³/mol. The molecule has 1 heterocycles. The lowest BCUT2D eigenvalue weighted by Gasteiger charge is -2.11.